The van der Waals surface area contributed by atoms with Crippen molar-refractivity contribution in [2.45, 2.75) is 111 Å². The van der Waals surface area contributed by atoms with Crippen LogP contribution in [-0.4, -0.2) is 12.6 Å². The zero-order chi connectivity index (χ0) is 16.5. The molecule has 0 aliphatic carbocycles. The average Bonchev–Trinajstić information content (AvgIpc) is 2.50. The highest BCUT2D eigenvalue weighted by atomic mass is 16.5. The van der Waals surface area contributed by atoms with Crippen molar-refractivity contribution >= 4 is 5.97 Å². The molecular formula is C20H40O2. The number of hydrogen-bond donors (Lipinski definition) is 0. The normalized spacial score (nSPS) is 12.3. The summed E-state index contributed by atoms with van der Waals surface area (Å²) < 4.78 is 5.30. The predicted molar refractivity (Wildman–Crippen MR) is 96.1 cm³/mol. The lowest BCUT2D eigenvalue weighted by Gasteiger charge is -2.16. The Hall–Kier alpha value is -0.530. The molecule has 0 fully saturated rings. The van der Waals surface area contributed by atoms with Crippen molar-refractivity contribution < 1.29 is 9.53 Å². The van der Waals surface area contributed by atoms with Gasteiger partial charge in [-0.15, -0.1) is 0 Å². The Morgan fingerprint density at radius 3 is 1.95 bits per heavy atom. The highest BCUT2D eigenvalue weighted by molar-refractivity contribution is 5.69. The van der Waals surface area contributed by atoms with Gasteiger partial charge in [-0.05, 0) is 18.8 Å². The Kier molecular flexibility index (Phi) is 16.4. The molecule has 0 radical (unpaired) electrons. The third-order valence-electron chi connectivity index (χ3n) is 4.41. The van der Waals surface area contributed by atoms with E-state index in [4.69, 9.17) is 4.74 Å². The highest BCUT2D eigenvalue weighted by Gasteiger charge is 2.09. The smallest absolute Gasteiger partial charge is 0.305 e. The highest BCUT2D eigenvalue weighted by Crippen LogP contribution is 2.20. The molecule has 0 aliphatic heterocycles. The molecule has 0 bridgehead atoms. The van der Waals surface area contributed by atoms with E-state index in [0.29, 0.717) is 13.0 Å². The first kappa shape index (κ1) is 21.5. The Morgan fingerprint density at radius 2 is 1.36 bits per heavy atom. The van der Waals surface area contributed by atoms with E-state index >= 15 is 0 Å². The number of hydrogen-bond acceptors (Lipinski definition) is 2. The molecule has 0 rings (SSSR count). The summed E-state index contributed by atoms with van der Waals surface area (Å²) >= 11 is 0. The van der Waals surface area contributed by atoms with Crippen LogP contribution in [0.2, 0.25) is 0 Å². The second-order valence-electron chi connectivity index (χ2n) is 6.68. The summed E-state index contributed by atoms with van der Waals surface area (Å²) in [4.78, 5) is 11.4. The number of carbonyl (C=O) groups excluding carboxylic acids is 1. The van der Waals surface area contributed by atoms with Crippen LogP contribution in [0, 0.1) is 5.92 Å². The second kappa shape index (κ2) is 16.8. The summed E-state index contributed by atoms with van der Waals surface area (Å²) in [5, 5.41) is 0. The van der Waals surface area contributed by atoms with E-state index < -0.39 is 0 Å². The minimum Gasteiger partial charge on any atom is -0.466 e. The molecule has 0 aromatic rings. The Morgan fingerprint density at radius 1 is 0.727 bits per heavy atom. The van der Waals surface area contributed by atoms with Crippen LogP contribution in [0.1, 0.15) is 111 Å². The zero-order valence-corrected chi connectivity index (χ0v) is 15.5. The van der Waals surface area contributed by atoms with E-state index in [1.807, 2.05) is 6.92 Å². The maximum absolute atomic E-state index is 11.4. The van der Waals surface area contributed by atoms with Crippen molar-refractivity contribution in [1.82, 2.24) is 0 Å². The Labute approximate surface area is 139 Å². The fraction of sp³-hybridized carbons (Fsp3) is 0.950. The average molecular weight is 313 g/mol. The van der Waals surface area contributed by atoms with Gasteiger partial charge in [-0.3, -0.25) is 4.79 Å². The minimum absolute atomic E-state index is 0.0233. The third-order valence-corrected chi connectivity index (χ3v) is 4.41. The SMILES string of the molecule is CCCCCCCCCCC(CCC)CCOC(=O)CCC. The van der Waals surface area contributed by atoms with Gasteiger partial charge in [-0.25, -0.2) is 0 Å². The van der Waals surface area contributed by atoms with Crippen LogP contribution in [0.5, 0.6) is 0 Å². The van der Waals surface area contributed by atoms with Crippen LogP contribution < -0.4 is 0 Å². The molecule has 1 atom stereocenters. The van der Waals surface area contributed by atoms with Gasteiger partial charge in [-0.1, -0.05) is 91.4 Å². The maximum Gasteiger partial charge on any atom is 0.305 e. The standard InChI is InChI=1S/C20H40O2/c1-4-7-8-9-10-11-12-13-16-19(14-5-2)17-18-22-20(21)15-6-3/h19H,4-18H2,1-3H3. The first-order chi connectivity index (χ1) is 10.7. The van der Waals surface area contributed by atoms with Crippen LogP contribution in [0.4, 0.5) is 0 Å². The van der Waals surface area contributed by atoms with Crippen LogP contribution in [0.25, 0.3) is 0 Å². The lowest BCUT2D eigenvalue weighted by molar-refractivity contribution is -0.144. The summed E-state index contributed by atoms with van der Waals surface area (Å²) in [5.41, 5.74) is 0. The zero-order valence-electron chi connectivity index (χ0n) is 15.5. The summed E-state index contributed by atoms with van der Waals surface area (Å²) in [5.74, 6) is 0.726. The molecule has 0 saturated carbocycles. The molecule has 2 heteroatoms. The lowest BCUT2D eigenvalue weighted by Crippen LogP contribution is -2.10. The van der Waals surface area contributed by atoms with E-state index in [1.165, 1.54) is 70.6 Å². The van der Waals surface area contributed by atoms with Gasteiger partial charge in [0.2, 0.25) is 0 Å². The molecule has 132 valence electrons. The second-order valence-corrected chi connectivity index (χ2v) is 6.68. The van der Waals surface area contributed by atoms with Gasteiger partial charge >= 0.3 is 5.97 Å². The first-order valence-electron chi connectivity index (χ1n) is 9.90. The van der Waals surface area contributed by atoms with E-state index in [-0.39, 0.29) is 5.97 Å². The van der Waals surface area contributed by atoms with Crippen molar-refractivity contribution in [3.8, 4) is 0 Å². The summed E-state index contributed by atoms with van der Waals surface area (Å²) in [7, 11) is 0. The van der Waals surface area contributed by atoms with Gasteiger partial charge in [-0.2, -0.15) is 0 Å². The molecule has 0 heterocycles. The molecule has 0 N–H and O–H groups in total. The molecule has 0 aromatic carbocycles. The summed E-state index contributed by atoms with van der Waals surface area (Å²) in [6, 6.07) is 0. The quantitative estimate of drug-likeness (QED) is 0.235. The number of unbranched alkanes of at least 4 members (excludes halogenated alkanes) is 7. The molecule has 1 unspecified atom stereocenters. The monoisotopic (exact) mass is 312 g/mol. The predicted octanol–water partition coefficient (Wildman–Crippen LogP) is 6.67. The fourth-order valence-electron chi connectivity index (χ4n) is 3.02. The van der Waals surface area contributed by atoms with Gasteiger partial charge < -0.3 is 4.74 Å². The topological polar surface area (TPSA) is 26.3 Å². The number of ether oxygens (including phenoxy) is 1. The van der Waals surface area contributed by atoms with Crippen molar-refractivity contribution in [1.29, 1.82) is 0 Å². The molecule has 22 heavy (non-hydrogen) atoms. The molecule has 0 aliphatic rings. The Bertz CT molecular complexity index is 238. The van der Waals surface area contributed by atoms with Crippen molar-refractivity contribution in [2.75, 3.05) is 6.61 Å². The van der Waals surface area contributed by atoms with Gasteiger partial charge in [0.25, 0.3) is 0 Å². The van der Waals surface area contributed by atoms with Crippen molar-refractivity contribution in [3.63, 3.8) is 0 Å². The third kappa shape index (κ3) is 14.4. The number of esters is 1. The number of rotatable bonds is 16. The molecule has 0 saturated heterocycles. The van der Waals surface area contributed by atoms with Crippen LogP contribution in [-0.2, 0) is 9.53 Å². The lowest BCUT2D eigenvalue weighted by atomic mass is 9.93. The minimum atomic E-state index is -0.0233. The van der Waals surface area contributed by atoms with Crippen molar-refractivity contribution in [2.24, 2.45) is 5.92 Å². The first-order valence-corrected chi connectivity index (χ1v) is 9.90. The molecule has 0 amide bonds. The van der Waals surface area contributed by atoms with E-state index in [2.05, 4.69) is 13.8 Å². The molecule has 0 spiro atoms. The Balaban J connectivity index is 3.57. The van der Waals surface area contributed by atoms with Crippen LogP contribution in [0.15, 0.2) is 0 Å². The van der Waals surface area contributed by atoms with Gasteiger partial charge in [0.05, 0.1) is 6.61 Å². The van der Waals surface area contributed by atoms with E-state index in [9.17, 15) is 4.79 Å². The molecule has 2 nitrogen and oxygen atoms in total. The molecule has 0 aromatic heterocycles. The van der Waals surface area contributed by atoms with Gasteiger partial charge in [0.15, 0.2) is 0 Å². The largest absolute Gasteiger partial charge is 0.466 e. The van der Waals surface area contributed by atoms with Crippen LogP contribution in [0.3, 0.4) is 0 Å². The molecular weight excluding hydrogens is 272 g/mol. The van der Waals surface area contributed by atoms with E-state index in [1.54, 1.807) is 0 Å². The van der Waals surface area contributed by atoms with E-state index in [0.717, 1.165) is 18.8 Å². The van der Waals surface area contributed by atoms with Gasteiger partial charge in [0, 0.05) is 6.42 Å². The van der Waals surface area contributed by atoms with Crippen LogP contribution >= 0.6 is 0 Å². The van der Waals surface area contributed by atoms with Crippen molar-refractivity contribution in [3.05, 3.63) is 0 Å². The summed E-state index contributed by atoms with van der Waals surface area (Å²) in [6.45, 7) is 7.17. The maximum atomic E-state index is 11.4. The summed E-state index contributed by atoms with van der Waals surface area (Å²) in [6.07, 6.45) is 17.4. The fourth-order valence-corrected chi connectivity index (χ4v) is 3.02. The van der Waals surface area contributed by atoms with Gasteiger partial charge in [0.1, 0.15) is 0 Å². The number of carbonyl (C=O) groups is 1.